The second kappa shape index (κ2) is 2.22. The van der Waals surface area contributed by atoms with Crippen molar-refractivity contribution in [3.63, 3.8) is 0 Å². The van der Waals surface area contributed by atoms with Crippen LogP contribution in [0.2, 0.25) is 0 Å². The van der Waals surface area contributed by atoms with Gasteiger partial charge in [0.2, 0.25) is 5.88 Å². The molecule has 1 aliphatic heterocycles. The second-order valence-electron chi connectivity index (χ2n) is 2.81. The van der Waals surface area contributed by atoms with Crippen LogP contribution < -0.4 is 5.73 Å². The number of nitrogen functional groups attached to an aromatic ring is 1. The summed E-state index contributed by atoms with van der Waals surface area (Å²) in [5, 5.41) is 3.57. The molecular formula is C6H8N2O3S. The van der Waals surface area contributed by atoms with Crippen molar-refractivity contribution in [2.24, 2.45) is 0 Å². The van der Waals surface area contributed by atoms with Crippen LogP contribution >= 0.6 is 0 Å². The van der Waals surface area contributed by atoms with Gasteiger partial charge in [0.05, 0.1) is 11.5 Å². The van der Waals surface area contributed by atoms with Gasteiger partial charge in [-0.15, -0.1) is 0 Å². The molecule has 0 saturated carbocycles. The molecule has 0 fully saturated rings. The Hall–Kier alpha value is -1.04. The zero-order valence-corrected chi connectivity index (χ0v) is 7.10. The van der Waals surface area contributed by atoms with Crippen LogP contribution in [0.1, 0.15) is 11.3 Å². The number of aromatic nitrogens is 1. The van der Waals surface area contributed by atoms with Gasteiger partial charge in [-0.05, 0) is 6.42 Å². The molecule has 0 atom stereocenters. The van der Waals surface area contributed by atoms with Crippen LogP contribution in [0.4, 0.5) is 5.88 Å². The van der Waals surface area contributed by atoms with E-state index in [1.165, 1.54) is 0 Å². The number of fused-ring (bicyclic) bond motifs is 1. The molecule has 5 nitrogen and oxygen atoms in total. The Bertz CT molecular complexity index is 406. The molecule has 1 aromatic heterocycles. The number of hydrogen-bond acceptors (Lipinski definition) is 5. The molecule has 0 aromatic carbocycles. The van der Waals surface area contributed by atoms with Crippen molar-refractivity contribution < 1.29 is 12.9 Å². The SMILES string of the molecule is Nc1onc2c1CCS(=O)(=O)C2. The van der Waals surface area contributed by atoms with Crippen molar-refractivity contribution in [1.82, 2.24) is 5.16 Å². The van der Waals surface area contributed by atoms with Crippen LogP contribution in [-0.2, 0) is 22.0 Å². The van der Waals surface area contributed by atoms with Crippen molar-refractivity contribution >= 4 is 15.7 Å². The summed E-state index contributed by atoms with van der Waals surface area (Å²) < 4.78 is 26.9. The minimum absolute atomic E-state index is 0.0387. The molecule has 2 N–H and O–H groups in total. The van der Waals surface area contributed by atoms with Crippen molar-refractivity contribution in [3.8, 4) is 0 Å². The molecule has 0 saturated heterocycles. The zero-order valence-electron chi connectivity index (χ0n) is 6.28. The highest BCUT2D eigenvalue weighted by Gasteiger charge is 2.26. The Morgan fingerprint density at radius 2 is 2.25 bits per heavy atom. The van der Waals surface area contributed by atoms with Crippen molar-refractivity contribution in [2.75, 3.05) is 11.5 Å². The molecule has 0 radical (unpaired) electrons. The predicted octanol–water partition coefficient (Wildman–Crippen LogP) is -0.272. The van der Waals surface area contributed by atoms with Gasteiger partial charge in [0, 0.05) is 5.56 Å². The standard InChI is InChI=1S/C6H8N2O3S/c7-6-4-1-2-12(9,10)3-5(4)8-11-6/h1-3,7H2. The fourth-order valence-electron chi connectivity index (χ4n) is 1.28. The maximum Gasteiger partial charge on any atom is 0.225 e. The van der Waals surface area contributed by atoms with E-state index in [1.807, 2.05) is 0 Å². The Balaban J connectivity index is 2.50. The molecule has 2 rings (SSSR count). The molecule has 0 unspecified atom stereocenters. The Kier molecular flexibility index (Phi) is 1.41. The average Bonchev–Trinajstić information content (AvgIpc) is 2.30. The number of rotatable bonds is 0. The quantitative estimate of drug-likeness (QED) is 0.605. The first-order valence-electron chi connectivity index (χ1n) is 3.52. The van der Waals surface area contributed by atoms with Gasteiger partial charge in [0.1, 0.15) is 5.69 Å². The first-order valence-corrected chi connectivity index (χ1v) is 5.34. The van der Waals surface area contributed by atoms with E-state index in [-0.39, 0.29) is 17.4 Å². The summed E-state index contributed by atoms with van der Waals surface area (Å²) in [5.74, 6) is 0.356. The highest BCUT2D eigenvalue weighted by molar-refractivity contribution is 7.90. The van der Waals surface area contributed by atoms with Gasteiger partial charge < -0.3 is 10.3 Å². The summed E-state index contributed by atoms with van der Waals surface area (Å²) in [7, 11) is -2.96. The molecule has 12 heavy (non-hydrogen) atoms. The van der Waals surface area contributed by atoms with Crippen LogP contribution in [0, 0.1) is 0 Å². The van der Waals surface area contributed by atoms with Gasteiger partial charge in [-0.1, -0.05) is 5.16 Å². The van der Waals surface area contributed by atoms with Crippen LogP contribution in [0.3, 0.4) is 0 Å². The average molecular weight is 188 g/mol. The van der Waals surface area contributed by atoms with E-state index in [0.29, 0.717) is 12.1 Å². The monoisotopic (exact) mass is 188 g/mol. The van der Waals surface area contributed by atoms with E-state index in [0.717, 1.165) is 5.56 Å². The molecular weight excluding hydrogens is 180 g/mol. The van der Waals surface area contributed by atoms with Crippen molar-refractivity contribution in [3.05, 3.63) is 11.3 Å². The Labute approximate surface area is 69.5 Å². The van der Waals surface area contributed by atoms with Gasteiger partial charge in [-0.3, -0.25) is 0 Å². The molecule has 66 valence electrons. The summed E-state index contributed by atoms with van der Waals surface area (Å²) in [4.78, 5) is 0. The lowest BCUT2D eigenvalue weighted by Crippen LogP contribution is -2.18. The summed E-state index contributed by atoms with van der Waals surface area (Å²) in [5.41, 5.74) is 6.65. The Morgan fingerprint density at radius 3 is 3.00 bits per heavy atom. The van der Waals surface area contributed by atoms with Crippen LogP contribution in [0.25, 0.3) is 0 Å². The molecule has 0 bridgehead atoms. The molecule has 1 aliphatic rings. The highest BCUT2D eigenvalue weighted by atomic mass is 32.2. The molecule has 6 heteroatoms. The number of nitrogens with zero attached hydrogens (tertiary/aromatic N) is 1. The second-order valence-corrected chi connectivity index (χ2v) is 5.00. The van der Waals surface area contributed by atoms with Crippen molar-refractivity contribution in [2.45, 2.75) is 12.2 Å². The maximum atomic E-state index is 11.1. The largest absolute Gasteiger partial charge is 0.367 e. The minimum atomic E-state index is -2.96. The van der Waals surface area contributed by atoms with Gasteiger partial charge >= 0.3 is 0 Å². The number of nitrogens with two attached hydrogens (primary N) is 1. The fourth-order valence-corrected chi connectivity index (χ4v) is 2.58. The lowest BCUT2D eigenvalue weighted by molar-refractivity contribution is 0.430. The molecule has 2 heterocycles. The van der Waals surface area contributed by atoms with E-state index in [1.54, 1.807) is 0 Å². The third-order valence-corrected chi connectivity index (χ3v) is 3.46. The predicted molar refractivity (Wildman–Crippen MR) is 42.1 cm³/mol. The summed E-state index contributed by atoms with van der Waals surface area (Å²) >= 11 is 0. The first kappa shape index (κ1) is 7.60. The smallest absolute Gasteiger partial charge is 0.225 e. The topological polar surface area (TPSA) is 86.2 Å². The van der Waals surface area contributed by atoms with Gasteiger partial charge in [-0.25, -0.2) is 8.42 Å². The fraction of sp³-hybridized carbons (Fsp3) is 0.500. The maximum absolute atomic E-state index is 11.1. The van der Waals surface area contributed by atoms with Crippen LogP contribution in [-0.4, -0.2) is 19.3 Å². The van der Waals surface area contributed by atoms with Crippen LogP contribution in [0.5, 0.6) is 0 Å². The normalized spacial score (nSPS) is 20.3. The lowest BCUT2D eigenvalue weighted by Gasteiger charge is -2.08. The molecule has 0 amide bonds. The van der Waals surface area contributed by atoms with Gasteiger partial charge in [0.15, 0.2) is 9.84 Å². The summed E-state index contributed by atoms with van der Waals surface area (Å²) in [6.45, 7) is 0. The summed E-state index contributed by atoms with van der Waals surface area (Å²) in [6.07, 6.45) is 0.424. The number of hydrogen-bond donors (Lipinski definition) is 1. The van der Waals surface area contributed by atoms with Gasteiger partial charge in [-0.2, -0.15) is 0 Å². The van der Waals surface area contributed by atoms with E-state index in [9.17, 15) is 8.42 Å². The zero-order chi connectivity index (χ0) is 8.77. The third-order valence-electron chi connectivity index (χ3n) is 1.92. The Morgan fingerprint density at radius 1 is 1.50 bits per heavy atom. The summed E-state index contributed by atoms with van der Waals surface area (Å²) in [6, 6.07) is 0. The molecule has 0 aliphatic carbocycles. The van der Waals surface area contributed by atoms with E-state index in [2.05, 4.69) is 9.68 Å². The van der Waals surface area contributed by atoms with E-state index in [4.69, 9.17) is 5.73 Å². The van der Waals surface area contributed by atoms with E-state index >= 15 is 0 Å². The van der Waals surface area contributed by atoms with E-state index < -0.39 is 9.84 Å². The lowest BCUT2D eigenvalue weighted by atomic mass is 10.2. The molecule has 1 aromatic rings. The first-order chi connectivity index (χ1) is 5.58. The molecule has 0 spiro atoms. The third kappa shape index (κ3) is 1.08. The number of anilines is 1. The highest BCUT2D eigenvalue weighted by Crippen LogP contribution is 2.24. The van der Waals surface area contributed by atoms with Gasteiger partial charge in [0.25, 0.3) is 0 Å². The number of sulfone groups is 1. The minimum Gasteiger partial charge on any atom is -0.367 e. The van der Waals surface area contributed by atoms with Crippen LogP contribution in [0.15, 0.2) is 4.52 Å². The van der Waals surface area contributed by atoms with Crippen molar-refractivity contribution in [1.29, 1.82) is 0 Å².